The molecule has 1 aromatic rings. The van der Waals surface area contributed by atoms with Gasteiger partial charge in [-0.3, -0.25) is 0 Å². The van der Waals surface area contributed by atoms with Gasteiger partial charge in [0, 0.05) is 6.42 Å². The van der Waals surface area contributed by atoms with Gasteiger partial charge in [-0.05, 0) is 12.8 Å². The summed E-state index contributed by atoms with van der Waals surface area (Å²) in [6, 6.07) is 0. The van der Waals surface area contributed by atoms with E-state index in [1.807, 2.05) is 6.26 Å². The number of nitrogens with two attached hydrogens (primary N) is 1. The highest BCUT2D eigenvalue weighted by molar-refractivity contribution is 7.98. The Labute approximate surface area is 93.4 Å². The van der Waals surface area contributed by atoms with E-state index in [0.29, 0.717) is 24.7 Å². The third-order valence-electron chi connectivity index (χ3n) is 1.83. The van der Waals surface area contributed by atoms with Crippen molar-refractivity contribution in [2.75, 3.05) is 27.0 Å². The molecule has 0 saturated heterocycles. The van der Waals surface area contributed by atoms with Crippen molar-refractivity contribution in [1.82, 2.24) is 9.97 Å². The molecule has 1 aromatic heterocycles. The van der Waals surface area contributed by atoms with Gasteiger partial charge in [0.1, 0.15) is 5.69 Å². The van der Waals surface area contributed by atoms with Crippen molar-refractivity contribution in [3.05, 3.63) is 5.69 Å². The Bertz CT molecular complexity index is 333. The predicted molar refractivity (Wildman–Crippen MR) is 59.7 cm³/mol. The number of thioether (sulfide) groups is 1. The van der Waals surface area contributed by atoms with E-state index in [4.69, 9.17) is 15.2 Å². The van der Waals surface area contributed by atoms with Crippen LogP contribution in [0.25, 0.3) is 0 Å². The van der Waals surface area contributed by atoms with Crippen LogP contribution >= 0.6 is 11.8 Å². The Morgan fingerprint density at radius 3 is 2.33 bits per heavy atom. The zero-order valence-electron chi connectivity index (χ0n) is 9.11. The highest BCUT2D eigenvalue weighted by atomic mass is 32.2. The van der Waals surface area contributed by atoms with Crippen LogP contribution in [-0.2, 0) is 6.42 Å². The van der Waals surface area contributed by atoms with Crippen LogP contribution in [-0.4, -0.2) is 37.0 Å². The molecule has 2 N–H and O–H groups in total. The van der Waals surface area contributed by atoms with Crippen LogP contribution in [0.2, 0.25) is 0 Å². The second-order valence-corrected chi connectivity index (χ2v) is 3.53. The van der Waals surface area contributed by atoms with Crippen LogP contribution in [0.15, 0.2) is 5.03 Å². The summed E-state index contributed by atoms with van der Waals surface area (Å²) in [7, 11) is 3.14. The van der Waals surface area contributed by atoms with Crippen molar-refractivity contribution in [1.29, 1.82) is 0 Å². The van der Waals surface area contributed by atoms with Crippen molar-refractivity contribution in [2.45, 2.75) is 11.4 Å². The Balaban J connectivity index is 3.15. The van der Waals surface area contributed by atoms with Gasteiger partial charge in [0.05, 0.1) is 14.2 Å². The number of aromatic nitrogens is 2. The van der Waals surface area contributed by atoms with Crippen molar-refractivity contribution in [2.24, 2.45) is 5.73 Å². The highest BCUT2D eigenvalue weighted by Crippen LogP contribution is 2.27. The fourth-order valence-corrected chi connectivity index (χ4v) is 1.63. The van der Waals surface area contributed by atoms with Crippen molar-refractivity contribution in [3.8, 4) is 11.8 Å². The number of nitrogens with zero attached hydrogens (tertiary/aromatic N) is 2. The summed E-state index contributed by atoms with van der Waals surface area (Å²) in [5, 5.41) is 0.718. The molecule has 0 bridgehead atoms. The molecule has 0 amide bonds. The van der Waals surface area contributed by atoms with E-state index in [1.165, 1.54) is 11.8 Å². The second-order valence-electron chi connectivity index (χ2n) is 2.74. The predicted octanol–water partition coefficient (Wildman–Crippen LogP) is 0.717. The minimum absolute atomic E-state index is 0.507. The largest absolute Gasteiger partial charge is 0.480 e. The molecular formula is C9H15N3O2S. The van der Waals surface area contributed by atoms with E-state index in [0.717, 1.165) is 10.7 Å². The molecule has 0 atom stereocenters. The van der Waals surface area contributed by atoms with Gasteiger partial charge in [-0.25, -0.2) is 4.98 Å². The Morgan fingerprint density at radius 1 is 1.20 bits per heavy atom. The third kappa shape index (κ3) is 2.73. The number of methoxy groups -OCH3 is 2. The van der Waals surface area contributed by atoms with Gasteiger partial charge in [-0.15, -0.1) is 11.8 Å². The molecule has 0 aliphatic carbocycles. The average Bonchev–Trinajstić information content (AvgIpc) is 2.28. The van der Waals surface area contributed by atoms with Gasteiger partial charge in [-0.2, -0.15) is 4.98 Å². The standard InChI is InChI=1S/C9H15N3O2S/c1-13-7-6(4-5-10)11-8(14-2)9(12-7)15-3/h4-5,10H2,1-3H3. The second kappa shape index (κ2) is 5.77. The van der Waals surface area contributed by atoms with E-state index in [-0.39, 0.29) is 0 Å². The van der Waals surface area contributed by atoms with Crippen LogP contribution in [0, 0.1) is 0 Å². The molecule has 0 saturated carbocycles. The maximum absolute atomic E-state index is 5.48. The summed E-state index contributed by atoms with van der Waals surface area (Å²) >= 11 is 1.47. The first kappa shape index (κ1) is 12.1. The van der Waals surface area contributed by atoms with Crippen LogP contribution in [0.3, 0.4) is 0 Å². The van der Waals surface area contributed by atoms with Gasteiger partial charge in [0.2, 0.25) is 11.8 Å². The molecule has 6 heteroatoms. The lowest BCUT2D eigenvalue weighted by atomic mass is 10.3. The molecule has 84 valence electrons. The molecule has 5 nitrogen and oxygen atoms in total. The van der Waals surface area contributed by atoms with E-state index in [2.05, 4.69) is 9.97 Å². The minimum Gasteiger partial charge on any atom is -0.480 e. The van der Waals surface area contributed by atoms with E-state index in [9.17, 15) is 0 Å². The molecule has 1 rings (SSSR count). The Morgan fingerprint density at radius 2 is 1.87 bits per heavy atom. The molecule has 15 heavy (non-hydrogen) atoms. The molecule has 1 heterocycles. The molecule has 0 aromatic carbocycles. The molecule has 0 fully saturated rings. The van der Waals surface area contributed by atoms with Crippen LogP contribution < -0.4 is 15.2 Å². The van der Waals surface area contributed by atoms with Crippen molar-refractivity contribution in [3.63, 3.8) is 0 Å². The molecular weight excluding hydrogens is 214 g/mol. The van der Waals surface area contributed by atoms with Gasteiger partial charge in [-0.1, -0.05) is 0 Å². The summed E-state index contributed by atoms with van der Waals surface area (Å²) in [6.45, 7) is 0.507. The first-order valence-electron chi connectivity index (χ1n) is 4.49. The van der Waals surface area contributed by atoms with Crippen molar-refractivity contribution >= 4 is 11.8 Å². The summed E-state index contributed by atoms with van der Waals surface area (Å²) < 4.78 is 10.3. The molecule has 0 aliphatic heterocycles. The summed E-state index contributed by atoms with van der Waals surface area (Å²) in [6.07, 6.45) is 2.54. The summed E-state index contributed by atoms with van der Waals surface area (Å²) in [5.74, 6) is 1.04. The van der Waals surface area contributed by atoms with E-state index >= 15 is 0 Å². The lowest BCUT2D eigenvalue weighted by Gasteiger charge is -2.10. The number of hydrogen-bond donors (Lipinski definition) is 1. The smallest absolute Gasteiger partial charge is 0.247 e. The molecule has 0 aliphatic rings. The topological polar surface area (TPSA) is 70.3 Å². The Kier molecular flexibility index (Phi) is 4.64. The maximum atomic E-state index is 5.48. The summed E-state index contributed by atoms with van der Waals surface area (Å²) in [4.78, 5) is 8.61. The minimum atomic E-state index is 0.507. The third-order valence-corrected chi connectivity index (χ3v) is 2.48. The molecule has 0 radical (unpaired) electrons. The number of ether oxygens (including phenoxy) is 2. The fraction of sp³-hybridized carbons (Fsp3) is 0.556. The monoisotopic (exact) mass is 229 g/mol. The first-order chi connectivity index (χ1) is 7.26. The van der Waals surface area contributed by atoms with Crippen molar-refractivity contribution < 1.29 is 9.47 Å². The fourth-order valence-electron chi connectivity index (χ4n) is 1.15. The molecule has 0 spiro atoms. The first-order valence-corrected chi connectivity index (χ1v) is 5.72. The maximum Gasteiger partial charge on any atom is 0.247 e. The van der Waals surface area contributed by atoms with E-state index in [1.54, 1.807) is 14.2 Å². The van der Waals surface area contributed by atoms with Crippen LogP contribution in [0.5, 0.6) is 11.8 Å². The Hall–Kier alpha value is -1.01. The number of rotatable bonds is 5. The van der Waals surface area contributed by atoms with Gasteiger partial charge in [0.15, 0.2) is 5.03 Å². The van der Waals surface area contributed by atoms with Gasteiger partial charge >= 0.3 is 0 Å². The normalized spacial score (nSPS) is 10.1. The zero-order chi connectivity index (χ0) is 11.3. The van der Waals surface area contributed by atoms with Crippen LogP contribution in [0.1, 0.15) is 5.69 Å². The highest BCUT2D eigenvalue weighted by Gasteiger charge is 2.13. The summed E-state index contributed by atoms with van der Waals surface area (Å²) in [5.41, 5.74) is 6.21. The zero-order valence-corrected chi connectivity index (χ0v) is 9.93. The lowest BCUT2D eigenvalue weighted by Crippen LogP contribution is -2.09. The van der Waals surface area contributed by atoms with Gasteiger partial charge < -0.3 is 15.2 Å². The number of hydrogen-bond acceptors (Lipinski definition) is 6. The van der Waals surface area contributed by atoms with E-state index < -0.39 is 0 Å². The van der Waals surface area contributed by atoms with Gasteiger partial charge in [0.25, 0.3) is 0 Å². The van der Waals surface area contributed by atoms with Crippen LogP contribution in [0.4, 0.5) is 0 Å². The SMILES string of the molecule is COc1nc(SC)c(OC)nc1CCN. The molecule has 0 unspecified atom stereocenters. The quantitative estimate of drug-likeness (QED) is 0.750. The lowest BCUT2D eigenvalue weighted by molar-refractivity contribution is 0.355. The average molecular weight is 229 g/mol.